The average molecular weight is 1270 g/mol. The minimum absolute atomic E-state index is 0.00231. The molecule has 5 atom stereocenters. The number of ketones is 3. The fourth-order valence-electron chi connectivity index (χ4n) is 11.0. The number of nitrogens with zero attached hydrogens (tertiary/aromatic N) is 4. The van der Waals surface area contributed by atoms with Gasteiger partial charge in [-0.05, 0) is 99.6 Å². The molecule has 0 fully saturated rings. The molecule has 92 heavy (non-hydrogen) atoms. The number of aliphatic imine (C=N–C) groups is 1. The molecule has 4 heterocycles. The van der Waals surface area contributed by atoms with Crippen molar-refractivity contribution in [1.82, 2.24) is 15.1 Å². The third kappa shape index (κ3) is 20.0. The third-order valence-corrected chi connectivity index (χ3v) is 16.2. The zero-order valence-corrected chi connectivity index (χ0v) is 54.4. The second-order valence-electron chi connectivity index (χ2n) is 23.3. The van der Waals surface area contributed by atoms with Gasteiger partial charge in [-0.2, -0.15) is 0 Å². The smallest absolute Gasteiger partial charge is 0.416 e. The second-order valence-corrected chi connectivity index (χ2v) is 23.3. The SMILES string of the molecule is C/C=C/C1=CN2C(=O)c3cc(OC)c(OCCCCCOc4cc5c(cc4OC)C(=O)N4C=C(/C=C/C)C[C@H]4[C@H](O)N5C(=O)OCc4ccc(CC(=O)[C@H](C)NC(=O)[C@@H](CC(=O)CCOCCOCCOCCOCCCC(=O)CC)C(C)C)cc4)cc3N=C[C@@H]2C1. The number of methoxy groups -OCH3 is 2. The predicted octanol–water partition coefficient (Wildman–Crippen LogP) is 9.94. The summed E-state index contributed by atoms with van der Waals surface area (Å²) in [5.74, 6) is -0.595. The van der Waals surface area contributed by atoms with Crippen molar-refractivity contribution in [2.45, 2.75) is 143 Å². The van der Waals surface area contributed by atoms with Crippen molar-refractivity contribution in [3.8, 4) is 23.0 Å². The lowest BCUT2D eigenvalue weighted by Crippen LogP contribution is -2.50. The Morgan fingerprint density at radius 2 is 1.24 bits per heavy atom. The number of carbonyl (C=O) groups is 7. The number of hydrogen-bond donors (Lipinski definition) is 2. The van der Waals surface area contributed by atoms with Gasteiger partial charge >= 0.3 is 6.09 Å². The minimum Gasteiger partial charge on any atom is -0.493 e. The van der Waals surface area contributed by atoms with Crippen molar-refractivity contribution >= 4 is 58.8 Å². The van der Waals surface area contributed by atoms with Crippen LogP contribution in [0.5, 0.6) is 23.0 Å². The number of allylic oxidation sites excluding steroid dienone is 4. The van der Waals surface area contributed by atoms with E-state index in [1.807, 2.05) is 65.1 Å². The summed E-state index contributed by atoms with van der Waals surface area (Å²) in [5.41, 5.74) is 4.15. The number of unbranched alkanes of at least 4 members (excludes halogenated alkanes) is 2. The van der Waals surface area contributed by atoms with Gasteiger partial charge in [0.05, 0.1) is 114 Å². The van der Waals surface area contributed by atoms with Crippen molar-refractivity contribution in [2.24, 2.45) is 16.8 Å². The van der Waals surface area contributed by atoms with E-state index in [9.17, 15) is 38.7 Å². The Morgan fingerprint density at radius 1 is 0.663 bits per heavy atom. The Kier molecular flexibility index (Phi) is 28.2. The van der Waals surface area contributed by atoms with Crippen molar-refractivity contribution in [2.75, 3.05) is 85.2 Å². The Bertz CT molecular complexity index is 3190. The zero-order chi connectivity index (χ0) is 66.1. The molecule has 4 amide bonds. The van der Waals surface area contributed by atoms with Gasteiger partial charge in [-0.1, -0.05) is 69.3 Å². The summed E-state index contributed by atoms with van der Waals surface area (Å²) in [6.45, 7) is 14.3. The topological polar surface area (TPSA) is 257 Å². The molecule has 0 radical (unpaired) electrons. The highest BCUT2D eigenvalue weighted by atomic mass is 16.6. The van der Waals surface area contributed by atoms with E-state index < -0.39 is 36.2 Å². The van der Waals surface area contributed by atoms with E-state index in [4.69, 9.17) is 42.6 Å². The van der Waals surface area contributed by atoms with Gasteiger partial charge in [-0.25, -0.2) is 9.69 Å². The van der Waals surface area contributed by atoms with Crippen molar-refractivity contribution < 1.29 is 81.3 Å². The monoisotopic (exact) mass is 1270 g/mol. The summed E-state index contributed by atoms with van der Waals surface area (Å²) in [7, 11) is 2.98. The third-order valence-electron chi connectivity index (χ3n) is 16.2. The quantitative estimate of drug-likeness (QED) is 0.0504. The molecule has 4 aliphatic rings. The van der Waals surface area contributed by atoms with E-state index in [-0.39, 0.29) is 109 Å². The second kappa shape index (κ2) is 36.3. The first-order chi connectivity index (χ1) is 44.5. The number of carbonyl (C=O) groups excluding carboxylic acids is 7. The molecule has 22 heteroatoms. The Hall–Kier alpha value is -8.02. The van der Waals surface area contributed by atoms with Crippen LogP contribution in [0.3, 0.4) is 0 Å². The van der Waals surface area contributed by atoms with Gasteiger partial charge in [0, 0.05) is 75.4 Å². The van der Waals surface area contributed by atoms with Crippen LogP contribution in [0.1, 0.15) is 138 Å². The van der Waals surface area contributed by atoms with E-state index in [1.54, 1.807) is 60.6 Å². The number of hydrogen-bond acceptors (Lipinski definition) is 18. The molecular weight excluding hydrogens is 1180 g/mol. The molecule has 0 spiro atoms. The summed E-state index contributed by atoms with van der Waals surface area (Å²) in [4.78, 5) is 102. The zero-order valence-electron chi connectivity index (χ0n) is 54.4. The molecule has 3 aromatic carbocycles. The van der Waals surface area contributed by atoms with Crippen molar-refractivity contribution in [3.63, 3.8) is 0 Å². The Morgan fingerprint density at radius 3 is 1.86 bits per heavy atom. The molecule has 2 N–H and O–H groups in total. The first kappa shape index (κ1) is 71.4. The van der Waals surface area contributed by atoms with Gasteiger partial charge in [0.2, 0.25) is 5.91 Å². The van der Waals surface area contributed by atoms with Crippen LogP contribution in [0.25, 0.3) is 0 Å². The van der Waals surface area contributed by atoms with E-state index in [0.717, 1.165) is 16.0 Å². The molecule has 0 saturated carbocycles. The number of Topliss-reactive ketones (excluding diaryl/α,β-unsaturated/α-hetero) is 3. The van der Waals surface area contributed by atoms with Crippen LogP contribution in [-0.2, 0) is 55.9 Å². The van der Waals surface area contributed by atoms with Crippen LogP contribution in [0.4, 0.5) is 16.2 Å². The average Bonchev–Trinajstić information content (AvgIpc) is 1.59. The first-order valence-corrected chi connectivity index (χ1v) is 31.9. The minimum atomic E-state index is -1.54. The van der Waals surface area contributed by atoms with Crippen LogP contribution in [0.2, 0.25) is 0 Å². The summed E-state index contributed by atoms with van der Waals surface area (Å²) >= 11 is 0. The fourth-order valence-corrected chi connectivity index (χ4v) is 11.0. The van der Waals surface area contributed by atoms with Crippen molar-refractivity contribution in [3.05, 3.63) is 119 Å². The number of ether oxygens (including phenoxy) is 9. The lowest BCUT2D eigenvalue weighted by molar-refractivity contribution is -0.133. The summed E-state index contributed by atoms with van der Waals surface area (Å²) < 4.78 is 51.8. The molecule has 7 rings (SSSR count). The number of nitrogens with one attached hydrogen (secondary N) is 1. The van der Waals surface area contributed by atoms with Gasteiger partial charge in [-0.3, -0.25) is 33.8 Å². The molecular formula is C70H91N5O17. The summed E-state index contributed by atoms with van der Waals surface area (Å²) in [5, 5.41) is 14.9. The molecule has 498 valence electrons. The van der Waals surface area contributed by atoms with E-state index in [1.165, 1.54) is 31.3 Å². The van der Waals surface area contributed by atoms with Gasteiger partial charge in [0.1, 0.15) is 18.2 Å². The molecule has 0 bridgehead atoms. The standard InChI is InChI=1S/C70H91N5O17/c1-9-16-50-34-52-42-71-58-40-64(62(84-7)38-56(58)67(80)73(52)43-50)90-25-13-12-14-26-91-65-41-59-57(39-63(65)85-8)68(81)74-44-51(17-10-2)35-60(74)69(82)75(59)70(83)92-45-49-21-19-48(20-22-49)36-61(78)47(6)72-66(79)55(46(4)5)37-54(77)23-27-87-29-31-89-33-32-88-30-28-86-24-15-18-53(76)11-3/h9-10,16-17,19-22,38-44,46-47,52,55,60,69,82H,11-15,18,23-37,45H2,1-8H3,(H,72,79)/b16-9+,17-10+/t47-,52-,55-,60-,69-/m0/s1. The predicted molar refractivity (Wildman–Crippen MR) is 346 cm³/mol. The number of aliphatic hydroxyl groups excluding tert-OH is 1. The summed E-state index contributed by atoms with van der Waals surface area (Å²) in [6.07, 6.45) is 15.3. The molecule has 22 nitrogen and oxygen atoms in total. The van der Waals surface area contributed by atoms with Crippen LogP contribution in [0.15, 0.2) is 101 Å². The highest BCUT2D eigenvalue weighted by Crippen LogP contribution is 2.43. The number of anilines is 1. The van der Waals surface area contributed by atoms with Gasteiger partial charge in [0.15, 0.2) is 35.0 Å². The van der Waals surface area contributed by atoms with Gasteiger partial charge in [0.25, 0.3) is 11.8 Å². The maximum absolute atomic E-state index is 14.4. The highest BCUT2D eigenvalue weighted by molar-refractivity contribution is 6.07. The van der Waals surface area contributed by atoms with Crippen LogP contribution in [0, 0.1) is 11.8 Å². The largest absolute Gasteiger partial charge is 0.493 e. The first-order valence-electron chi connectivity index (χ1n) is 31.9. The number of amides is 4. The Balaban J connectivity index is 0.869. The van der Waals surface area contributed by atoms with Gasteiger partial charge in [-0.15, -0.1) is 0 Å². The molecule has 0 aromatic heterocycles. The lowest BCUT2D eigenvalue weighted by atomic mass is 9.88. The number of aliphatic hydroxyl groups is 1. The van der Waals surface area contributed by atoms with E-state index in [0.29, 0.717) is 132 Å². The maximum Gasteiger partial charge on any atom is 0.416 e. The highest BCUT2D eigenvalue weighted by Gasteiger charge is 2.45. The molecule has 0 saturated heterocycles. The number of fused-ring (bicyclic) bond motifs is 4. The fraction of sp³-hybridized carbons (Fsp3) is 0.514. The summed E-state index contributed by atoms with van der Waals surface area (Å²) in [6, 6.07) is 11.4. The van der Waals surface area contributed by atoms with Crippen LogP contribution in [-0.4, -0.2) is 167 Å². The van der Waals surface area contributed by atoms with Crippen LogP contribution < -0.4 is 29.2 Å². The van der Waals surface area contributed by atoms with Gasteiger partial charge < -0.3 is 62.9 Å². The van der Waals surface area contributed by atoms with Crippen molar-refractivity contribution in [1.29, 1.82) is 0 Å². The number of rotatable bonds is 39. The molecule has 3 aromatic rings. The lowest BCUT2D eigenvalue weighted by Gasteiger charge is -2.31. The van der Waals surface area contributed by atoms with E-state index >= 15 is 0 Å². The maximum atomic E-state index is 14.4. The van der Waals surface area contributed by atoms with Crippen LogP contribution >= 0.6 is 0 Å². The molecule has 4 aliphatic heterocycles. The molecule has 0 aliphatic carbocycles. The molecule has 0 unspecified atom stereocenters. The Labute approximate surface area is 539 Å². The number of benzene rings is 3. The normalized spacial score (nSPS) is 17.4. The van der Waals surface area contributed by atoms with E-state index in [2.05, 4.69) is 10.3 Å².